The average molecular weight is 679 g/mol. The summed E-state index contributed by atoms with van der Waals surface area (Å²) < 4.78 is 27.5. The summed E-state index contributed by atoms with van der Waals surface area (Å²) in [4.78, 5) is 26.3. The third kappa shape index (κ3) is 8.93. The van der Waals surface area contributed by atoms with Gasteiger partial charge in [0.25, 0.3) is 0 Å². The molecule has 1 fully saturated rings. The van der Waals surface area contributed by atoms with Crippen molar-refractivity contribution in [3.8, 4) is 23.0 Å². The zero-order chi connectivity index (χ0) is 35.0. The lowest BCUT2D eigenvalue weighted by molar-refractivity contribution is -0.327. The molecule has 2 aromatic rings. The number of benzene rings is 2. The zero-order valence-electron chi connectivity index (χ0n) is 25.5. The van der Waals surface area contributed by atoms with E-state index in [0.29, 0.717) is 11.1 Å². The van der Waals surface area contributed by atoms with Crippen LogP contribution in [0.2, 0.25) is 0 Å². The number of phenolic OH excluding ortho intramolecular Hbond substituents is 4. The molecule has 0 aliphatic carbocycles. The van der Waals surface area contributed by atoms with Gasteiger partial charge in [0.2, 0.25) is 6.29 Å². The number of carbonyl (C=O) groups excluding carboxylic acids is 2. The molecule has 2 aromatic carbocycles. The molecule has 4 rings (SSSR count). The fourth-order valence-electron chi connectivity index (χ4n) is 5.12. The number of ether oxygens (including phenoxy) is 5. The summed E-state index contributed by atoms with van der Waals surface area (Å²) >= 11 is 0. The van der Waals surface area contributed by atoms with Crippen LogP contribution in [0, 0.1) is 5.92 Å². The SMILES string of the molecule is O=C(CC1C(C(=O)OCCc2ccc(O)c(O)c2)=COC(OC2OC(CO)C(O)C(O)C2O)C1=CCO)OCCc1ccc(O)c(O)c1. The van der Waals surface area contributed by atoms with Gasteiger partial charge in [-0.05, 0) is 35.4 Å². The monoisotopic (exact) mass is 678 g/mol. The summed E-state index contributed by atoms with van der Waals surface area (Å²) in [7, 11) is 0. The van der Waals surface area contributed by atoms with Crippen LogP contribution in [0.1, 0.15) is 17.5 Å². The molecule has 0 bridgehead atoms. The predicted molar refractivity (Wildman–Crippen MR) is 160 cm³/mol. The summed E-state index contributed by atoms with van der Waals surface area (Å²) in [6.45, 7) is -1.66. The number of phenols is 4. The maximum atomic E-state index is 13.3. The number of hydrogen-bond acceptors (Lipinski definition) is 16. The number of aliphatic hydroxyl groups is 5. The van der Waals surface area contributed by atoms with Crippen LogP contribution in [-0.4, -0.2) is 121 Å². The van der Waals surface area contributed by atoms with E-state index in [2.05, 4.69) is 0 Å². The van der Waals surface area contributed by atoms with Crippen molar-refractivity contribution in [2.75, 3.05) is 26.4 Å². The highest BCUT2D eigenvalue weighted by Crippen LogP contribution is 2.36. The number of hydrogen-bond donors (Lipinski definition) is 9. The largest absolute Gasteiger partial charge is 0.504 e. The first kappa shape index (κ1) is 36.4. The topological polar surface area (TPSA) is 262 Å². The Bertz CT molecular complexity index is 1490. The molecule has 7 atom stereocenters. The van der Waals surface area contributed by atoms with Crippen LogP contribution >= 0.6 is 0 Å². The summed E-state index contributed by atoms with van der Waals surface area (Å²) in [5.74, 6) is -4.21. The first-order valence-electron chi connectivity index (χ1n) is 14.9. The maximum Gasteiger partial charge on any atom is 0.337 e. The molecular formula is C32H38O16. The molecular weight excluding hydrogens is 640 g/mol. The van der Waals surface area contributed by atoms with E-state index in [9.17, 15) is 55.5 Å². The van der Waals surface area contributed by atoms with Crippen LogP contribution in [0.4, 0.5) is 0 Å². The Kier molecular flexibility index (Phi) is 12.6. The van der Waals surface area contributed by atoms with Crippen molar-refractivity contribution in [3.05, 3.63) is 71.0 Å². The lowest BCUT2D eigenvalue weighted by Crippen LogP contribution is -2.60. The van der Waals surface area contributed by atoms with E-state index in [1.54, 1.807) is 0 Å². The lowest BCUT2D eigenvalue weighted by atomic mass is 9.86. The second-order valence-corrected chi connectivity index (χ2v) is 11.0. The molecule has 0 aromatic heterocycles. The van der Waals surface area contributed by atoms with E-state index in [1.807, 2.05) is 0 Å². The van der Waals surface area contributed by atoms with Crippen molar-refractivity contribution in [1.29, 1.82) is 0 Å². The van der Waals surface area contributed by atoms with E-state index >= 15 is 0 Å². The summed E-state index contributed by atoms with van der Waals surface area (Å²) in [5, 5.41) is 88.6. The molecule has 16 heteroatoms. The van der Waals surface area contributed by atoms with Gasteiger partial charge >= 0.3 is 11.9 Å². The van der Waals surface area contributed by atoms with E-state index in [-0.39, 0.29) is 60.2 Å². The highest BCUT2D eigenvalue weighted by Gasteiger charge is 2.47. The molecule has 0 spiro atoms. The number of aromatic hydroxyl groups is 4. The van der Waals surface area contributed by atoms with Crippen LogP contribution in [0.5, 0.6) is 23.0 Å². The van der Waals surface area contributed by atoms with E-state index < -0.39 is 74.5 Å². The van der Waals surface area contributed by atoms with Crippen molar-refractivity contribution in [2.24, 2.45) is 5.92 Å². The Morgan fingerprint density at radius 1 is 0.792 bits per heavy atom. The predicted octanol–water partition coefficient (Wildman–Crippen LogP) is -0.638. The minimum atomic E-state index is -1.81. The smallest absolute Gasteiger partial charge is 0.337 e. The van der Waals surface area contributed by atoms with Crippen molar-refractivity contribution < 1.29 is 79.2 Å². The highest BCUT2D eigenvalue weighted by molar-refractivity contribution is 5.91. The van der Waals surface area contributed by atoms with Crippen LogP contribution in [-0.2, 0) is 46.1 Å². The molecule has 9 N–H and O–H groups in total. The third-order valence-corrected chi connectivity index (χ3v) is 7.77. The number of rotatable bonds is 13. The van der Waals surface area contributed by atoms with Gasteiger partial charge in [0.1, 0.15) is 24.4 Å². The first-order chi connectivity index (χ1) is 22.9. The zero-order valence-corrected chi connectivity index (χ0v) is 25.5. The molecule has 0 saturated carbocycles. The van der Waals surface area contributed by atoms with Crippen molar-refractivity contribution in [3.63, 3.8) is 0 Å². The molecule has 0 radical (unpaired) electrons. The molecule has 1 saturated heterocycles. The van der Waals surface area contributed by atoms with Gasteiger partial charge < -0.3 is 69.6 Å². The van der Waals surface area contributed by atoms with Gasteiger partial charge in [-0.15, -0.1) is 0 Å². The fourth-order valence-corrected chi connectivity index (χ4v) is 5.12. The highest BCUT2D eigenvalue weighted by atomic mass is 16.8. The molecule has 262 valence electrons. The van der Waals surface area contributed by atoms with Crippen LogP contribution in [0.3, 0.4) is 0 Å². The third-order valence-electron chi connectivity index (χ3n) is 7.77. The normalized spacial score (nSPS) is 26.4. The Labute approximate surface area is 273 Å². The minimum Gasteiger partial charge on any atom is -0.504 e. The summed E-state index contributed by atoms with van der Waals surface area (Å²) in [6.07, 6.45) is -7.71. The average Bonchev–Trinajstić information content (AvgIpc) is 3.06. The number of esters is 2. The Morgan fingerprint density at radius 3 is 1.96 bits per heavy atom. The Hall–Kier alpha value is -4.42. The second-order valence-electron chi connectivity index (χ2n) is 11.0. The number of carbonyl (C=O) groups is 2. The maximum absolute atomic E-state index is 13.3. The van der Waals surface area contributed by atoms with Crippen LogP contribution in [0.25, 0.3) is 0 Å². The molecule has 7 unspecified atom stereocenters. The standard InChI is InChI=1S/C32H38O16/c33-8-5-18-19(13-26(39)44-9-6-16-1-3-21(35)23(37)11-16)20(30(43)45-10-7-17-2-4-22(36)24(38)12-17)15-46-31(18)48-32-29(42)28(41)27(40)25(14-34)47-32/h1-5,11-12,15,19,25,27-29,31-38,40-42H,6-10,13-14H2. The van der Waals surface area contributed by atoms with Gasteiger partial charge in [0.05, 0.1) is 44.7 Å². The number of aliphatic hydroxyl groups excluding tert-OH is 5. The first-order valence-corrected chi connectivity index (χ1v) is 14.9. The van der Waals surface area contributed by atoms with Crippen LogP contribution < -0.4 is 0 Å². The second kappa shape index (κ2) is 16.6. The van der Waals surface area contributed by atoms with Gasteiger partial charge in [0, 0.05) is 24.3 Å². The molecule has 0 amide bonds. The lowest BCUT2D eigenvalue weighted by Gasteiger charge is -2.42. The Morgan fingerprint density at radius 2 is 1.40 bits per heavy atom. The van der Waals surface area contributed by atoms with Crippen LogP contribution in [0.15, 0.2) is 59.9 Å². The van der Waals surface area contributed by atoms with Gasteiger partial charge in [-0.25, -0.2) is 4.79 Å². The quantitative estimate of drug-likeness (QED) is 0.0725. The molecule has 16 nitrogen and oxygen atoms in total. The van der Waals surface area contributed by atoms with E-state index in [0.717, 1.165) is 6.26 Å². The van der Waals surface area contributed by atoms with Crippen molar-refractivity contribution >= 4 is 11.9 Å². The van der Waals surface area contributed by atoms with E-state index in [4.69, 9.17) is 23.7 Å². The van der Waals surface area contributed by atoms with Crippen molar-refractivity contribution in [2.45, 2.75) is 56.3 Å². The summed E-state index contributed by atoms with van der Waals surface area (Å²) in [6, 6.07) is 8.21. The van der Waals surface area contributed by atoms with Gasteiger partial charge in [-0.3, -0.25) is 4.79 Å². The van der Waals surface area contributed by atoms with Gasteiger partial charge in [0.15, 0.2) is 29.3 Å². The summed E-state index contributed by atoms with van der Waals surface area (Å²) in [5.41, 5.74) is 0.956. The molecule has 2 heterocycles. The Balaban J connectivity index is 1.51. The molecule has 48 heavy (non-hydrogen) atoms. The van der Waals surface area contributed by atoms with E-state index in [1.165, 1.54) is 42.5 Å². The molecule has 2 aliphatic rings. The molecule has 2 aliphatic heterocycles. The fraction of sp³-hybridized carbons (Fsp3) is 0.438. The van der Waals surface area contributed by atoms with Crippen molar-refractivity contribution in [1.82, 2.24) is 0 Å². The van der Waals surface area contributed by atoms with Gasteiger partial charge in [-0.1, -0.05) is 18.2 Å². The minimum absolute atomic E-state index is 0.0211. The van der Waals surface area contributed by atoms with Gasteiger partial charge in [-0.2, -0.15) is 0 Å².